The van der Waals surface area contributed by atoms with Crippen molar-refractivity contribution in [2.24, 2.45) is 0 Å². The van der Waals surface area contributed by atoms with Gasteiger partial charge in [-0.05, 0) is 43.4 Å². The van der Waals surface area contributed by atoms with Crippen molar-refractivity contribution in [3.05, 3.63) is 99.6 Å². The lowest BCUT2D eigenvalue weighted by molar-refractivity contribution is -0.384. The van der Waals surface area contributed by atoms with E-state index < -0.39 is 16.7 Å². The van der Waals surface area contributed by atoms with E-state index in [0.717, 1.165) is 28.3 Å². The topological polar surface area (TPSA) is 95.8 Å². The Kier molecular flexibility index (Phi) is 6.25. The second-order valence-corrected chi connectivity index (χ2v) is 8.29. The van der Waals surface area contributed by atoms with Crippen LogP contribution in [-0.2, 0) is 16.1 Å². The van der Waals surface area contributed by atoms with Crippen molar-refractivity contribution in [3.63, 3.8) is 0 Å². The van der Waals surface area contributed by atoms with Gasteiger partial charge in [0.05, 0.1) is 21.9 Å². The monoisotopic (exact) mass is 456 g/mol. The third kappa shape index (κ3) is 4.44. The Bertz CT molecular complexity index is 1300. The Hall–Kier alpha value is -4.30. The van der Waals surface area contributed by atoms with Crippen LogP contribution in [0.1, 0.15) is 23.6 Å². The van der Waals surface area contributed by atoms with Gasteiger partial charge in [0.25, 0.3) is 11.6 Å². The van der Waals surface area contributed by atoms with Crippen molar-refractivity contribution < 1.29 is 14.5 Å². The molecule has 0 unspecified atom stereocenters. The maximum atomic E-state index is 13.5. The van der Waals surface area contributed by atoms with Crippen molar-refractivity contribution in [1.29, 1.82) is 0 Å². The van der Waals surface area contributed by atoms with Crippen molar-refractivity contribution in [2.45, 2.75) is 13.5 Å². The maximum Gasteiger partial charge on any atom is 0.271 e. The summed E-state index contributed by atoms with van der Waals surface area (Å²) in [5.41, 5.74) is 3.93. The molecule has 0 aliphatic carbocycles. The Morgan fingerprint density at radius 3 is 2.29 bits per heavy atom. The first-order valence-corrected chi connectivity index (χ1v) is 10.7. The van der Waals surface area contributed by atoms with E-state index in [1.165, 1.54) is 25.1 Å². The predicted molar refractivity (Wildman–Crippen MR) is 132 cm³/mol. The molecule has 0 saturated heterocycles. The number of carbonyl (C=O) groups is 2. The summed E-state index contributed by atoms with van der Waals surface area (Å²) in [6, 6.07) is 21.3. The largest absolute Gasteiger partial charge is 0.354 e. The highest BCUT2D eigenvalue weighted by atomic mass is 16.6. The minimum atomic E-state index is -0.545. The van der Waals surface area contributed by atoms with Gasteiger partial charge in [-0.2, -0.15) is 0 Å². The average Bonchev–Trinajstić information content (AvgIpc) is 3.09. The molecule has 8 heteroatoms. The predicted octanol–water partition coefficient (Wildman–Crippen LogP) is 4.53. The van der Waals surface area contributed by atoms with E-state index in [1.807, 2.05) is 68.7 Å². The molecule has 0 atom stereocenters. The molecule has 4 rings (SSSR count). The van der Waals surface area contributed by atoms with Crippen molar-refractivity contribution in [2.75, 3.05) is 24.3 Å². The van der Waals surface area contributed by atoms with Gasteiger partial charge in [0, 0.05) is 36.9 Å². The molecule has 0 spiro atoms. The van der Waals surface area contributed by atoms with E-state index in [9.17, 15) is 19.7 Å². The van der Waals surface area contributed by atoms with Crippen LogP contribution in [0.2, 0.25) is 0 Å². The summed E-state index contributed by atoms with van der Waals surface area (Å²) in [5.74, 6) is -1.04. The summed E-state index contributed by atoms with van der Waals surface area (Å²) in [5, 5.41) is 14.7. The normalized spacial score (nSPS) is 14.2. The molecule has 1 aliphatic heterocycles. The number of nitro benzene ring substituents is 1. The van der Waals surface area contributed by atoms with Gasteiger partial charge in [-0.25, -0.2) is 4.90 Å². The lowest BCUT2D eigenvalue weighted by Gasteiger charge is -2.16. The number of benzene rings is 3. The average molecular weight is 457 g/mol. The molecule has 0 aromatic heterocycles. The number of rotatable bonds is 6. The van der Waals surface area contributed by atoms with Gasteiger partial charge >= 0.3 is 0 Å². The van der Waals surface area contributed by atoms with Crippen LogP contribution in [0.25, 0.3) is 11.3 Å². The minimum absolute atomic E-state index is 0.190. The quantitative estimate of drug-likeness (QED) is 0.333. The first kappa shape index (κ1) is 22.9. The van der Waals surface area contributed by atoms with Crippen LogP contribution in [0.4, 0.5) is 17.1 Å². The molecule has 3 aromatic rings. The Balaban J connectivity index is 1.88. The summed E-state index contributed by atoms with van der Waals surface area (Å²) >= 11 is 0. The van der Waals surface area contributed by atoms with Crippen molar-refractivity contribution in [1.82, 2.24) is 4.90 Å². The molecule has 2 amide bonds. The van der Waals surface area contributed by atoms with Crippen LogP contribution in [-0.4, -0.2) is 35.7 Å². The van der Waals surface area contributed by atoms with Gasteiger partial charge in [0.15, 0.2) is 0 Å². The minimum Gasteiger partial charge on any atom is -0.354 e. The van der Waals surface area contributed by atoms with Crippen LogP contribution in [0, 0.1) is 10.1 Å². The van der Waals surface area contributed by atoms with E-state index in [4.69, 9.17) is 0 Å². The Labute approximate surface area is 197 Å². The lowest BCUT2D eigenvalue weighted by atomic mass is 9.99. The van der Waals surface area contributed by atoms with Crippen LogP contribution in [0.3, 0.4) is 0 Å². The SMILES string of the molecule is CC(=O)N1C(=O)/C(=C(\Nc2ccc(CN(C)C)cc2)c2ccccc2)c2ccc([N+](=O)[O-])cc21. The molecule has 0 radical (unpaired) electrons. The Morgan fingerprint density at radius 2 is 1.71 bits per heavy atom. The zero-order valence-electron chi connectivity index (χ0n) is 19.1. The fourth-order valence-corrected chi connectivity index (χ4v) is 4.01. The summed E-state index contributed by atoms with van der Waals surface area (Å²) < 4.78 is 0. The first-order chi connectivity index (χ1) is 16.3. The molecule has 0 saturated carbocycles. The number of nitrogens with one attached hydrogen (secondary N) is 1. The van der Waals surface area contributed by atoms with E-state index in [2.05, 4.69) is 10.2 Å². The number of anilines is 2. The van der Waals surface area contributed by atoms with Gasteiger partial charge in [-0.15, -0.1) is 0 Å². The summed E-state index contributed by atoms with van der Waals surface area (Å²) in [6.45, 7) is 2.06. The van der Waals surface area contributed by atoms with Crippen molar-refractivity contribution >= 4 is 40.1 Å². The molecular formula is C26H24N4O4. The van der Waals surface area contributed by atoms with Gasteiger partial charge in [-0.1, -0.05) is 42.5 Å². The number of nitrogens with zero attached hydrogens (tertiary/aromatic N) is 3. The highest BCUT2D eigenvalue weighted by Gasteiger charge is 2.38. The second-order valence-electron chi connectivity index (χ2n) is 8.29. The highest BCUT2D eigenvalue weighted by Crippen LogP contribution is 2.42. The number of hydrogen-bond acceptors (Lipinski definition) is 6. The van der Waals surface area contributed by atoms with Gasteiger partial charge in [0.1, 0.15) is 0 Å². The van der Waals surface area contributed by atoms with E-state index in [1.54, 1.807) is 0 Å². The number of nitro groups is 1. The van der Waals surface area contributed by atoms with Crippen molar-refractivity contribution in [3.8, 4) is 0 Å². The zero-order valence-corrected chi connectivity index (χ0v) is 19.1. The van der Waals surface area contributed by atoms with E-state index in [-0.39, 0.29) is 16.9 Å². The fourth-order valence-electron chi connectivity index (χ4n) is 4.01. The molecule has 34 heavy (non-hydrogen) atoms. The number of imide groups is 1. The summed E-state index contributed by atoms with van der Waals surface area (Å²) in [7, 11) is 4.00. The fraction of sp³-hybridized carbons (Fsp3) is 0.154. The summed E-state index contributed by atoms with van der Waals surface area (Å²) in [6.07, 6.45) is 0. The standard InChI is InChI=1S/C26H24N4O4/c1-17(31)29-23-15-21(30(33)34)13-14-22(23)24(26(29)32)25(19-7-5-4-6-8-19)27-20-11-9-18(10-12-20)16-28(2)3/h4-15,27H,16H2,1-3H3/b25-24-. The molecule has 0 fully saturated rings. The third-order valence-corrected chi connectivity index (χ3v) is 5.47. The number of non-ortho nitro benzene ring substituents is 1. The highest BCUT2D eigenvalue weighted by molar-refractivity contribution is 6.43. The van der Waals surface area contributed by atoms with Crippen LogP contribution >= 0.6 is 0 Å². The summed E-state index contributed by atoms with van der Waals surface area (Å²) in [4.78, 5) is 39.7. The Morgan fingerprint density at radius 1 is 1.03 bits per heavy atom. The van der Waals surface area contributed by atoms with Gasteiger partial charge in [0.2, 0.25) is 5.91 Å². The van der Waals surface area contributed by atoms with Gasteiger partial charge in [-0.3, -0.25) is 19.7 Å². The zero-order chi connectivity index (χ0) is 24.4. The number of carbonyl (C=O) groups excluding carboxylic acids is 2. The third-order valence-electron chi connectivity index (χ3n) is 5.47. The number of fused-ring (bicyclic) bond motifs is 1. The molecule has 3 aromatic carbocycles. The first-order valence-electron chi connectivity index (χ1n) is 10.7. The molecule has 8 nitrogen and oxygen atoms in total. The molecular weight excluding hydrogens is 432 g/mol. The second kappa shape index (κ2) is 9.29. The molecule has 1 N–H and O–H groups in total. The van der Waals surface area contributed by atoms with E-state index in [0.29, 0.717) is 11.3 Å². The number of hydrogen-bond donors (Lipinski definition) is 1. The van der Waals surface area contributed by atoms with Crippen LogP contribution in [0.15, 0.2) is 72.8 Å². The molecule has 172 valence electrons. The number of amides is 2. The van der Waals surface area contributed by atoms with Crippen LogP contribution < -0.4 is 10.2 Å². The van der Waals surface area contributed by atoms with Gasteiger partial charge < -0.3 is 10.2 Å². The van der Waals surface area contributed by atoms with E-state index >= 15 is 0 Å². The smallest absolute Gasteiger partial charge is 0.271 e. The molecule has 1 aliphatic rings. The molecule has 0 bridgehead atoms. The van der Waals surface area contributed by atoms with Crippen LogP contribution in [0.5, 0.6) is 0 Å². The molecule has 1 heterocycles. The lowest BCUT2D eigenvalue weighted by Crippen LogP contribution is -2.31. The maximum absolute atomic E-state index is 13.5.